The summed E-state index contributed by atoms with van der Waals surface area (Å²) in [5, 5.41) is 22.5. The van der Waals surface area contributed by atoms with Crippen molar-refractivity contribution in [1.29, 1.82) is 0 Å². The van der Waals surface area contributed by atoms with E-state index in [2.05, 4.69) is 20.5 Å². The fraction of sp³-hybridized carbons (Fsp3) is 0.421. The van der Waals surface area contributed by atoms with E-state index >= 15 is 0 Å². The Bertz CT molecular complexity index is 960. The SMILES string of the molecule is CN=NN(C)CC1CN(c2ccc(-c3ccc(C4=NOC(CO)C4)s3)cn2)C(=O)O1. The number of aliphatic hydroxyl groups excluding tert-OH is 1. The van der Waals surface area contributed by atoms with Gasteiger partial charge < -0.3 is 14.7 Å². The lowest BCUT2D eigenvalue weighted by atomic mass is 10.1. The molecule has 1 amide bonds. The van der Waals surface area contributed by atoms with Gasteiger partial charge in [-0.2, -0.15) is 5.11 Å². The number of carbonyl (C=O) groups is 1. The molecule has 158 valence electrons. The minimum Gasteiger partial charge on any atom is -0.442 e. The van der Waals surface area contributed by atoms with Gasteiger partial charge in [-0.1, -0.05) is 10.4 Å². The van der Waals surface area contributed by atoms with Crippen LogP contribution in [0.15, 0.2) is 46.0 Å². The van der Waals surface area contributed by atoms with Crippen LogP contribution >= 0.6 is 11.3 Å². The molecule has 0 aliphatic carbocycles. The number of nitrogens with zero attached hydrogens (tertiary/aromatic N) is 6. The van der Waals surface area contributed by atoms with Crippen molar-refractivity contribution in [2.75, 3.05) is 38.7 Å². The maximum Gasteiger partial charge on any atom is 0.416 e. The molecular formula is C19H22N6O4S. The van der Waals surface area contributed by atoms with Crippen molar-refractivity contribution in [1.82, 2.24) is 9.99 Å². The standard InChI is InChI=1S/C19H22N6O4S/c1-20-23-24(2)9-14-10-25(19(27)28-14)18-6-3-12(8-21-18)16-4-5-17(30-16)15-7-13(11-26)29-22-15/h3-6,8,13-14,26H,7,9-11H2,1-2H3. The molecule has 30 heavy (non-hydrogen) atoms. The van der Waals surface area contributed by atoms with Crippen LogP contribution in [0.4, 0.5) is 10.6 Å². The largest absolute Gasteiger partial charge is 0.442 e. The van der Waals surface area contributed by atoms with Crippen LogP contribution in [0.3, 0.4) is 0 Å². The molecular weight excluding hydrogens is 408 g/mol. The molecule has 2 aliphatic rings. The number of aromatic nitrogens is 1. The van der Waals surface area contributed by atoms with E-state index < -0.39 is 6.09 Å². The van der Waals surface area contributed by atoms with Gasteiger partial charge in [0.25, 0.3) is 0 Å². The monoisotopic (exact) mass is 430 g/mol. The second kappa shape index (κ2) is 8.76. The average Bonchev–Trinajstić information content (AvgIpc) is 3.47. The van der Waals surface area contributed by atoms with Gasteiger partial charge in [-0.3, -0.25) is 9.91 Å². The number of likely N-dealkylation sites (N-methyl/N-ethyl adjacent to an activating group) is 1. The molecule has 11 heteroatoms. The van der Waals surface area contributed by atoms with Crippen LogP contribution < -0.4 is 4.90 Å². The Hall–Kier alpha value is -3.05. The van der Waals surface area contributed by atoms with E-state index in [1.807, 2.05) is 24.3 Å². The zero-order valence-corrected chi connectivity index (χ0v) is 17.4. The molecule has 10 nitrogen and oxygen atoms in total. The Kier molecular flexibility index (Phi) is 5.91. The van der Waals surface area contributed by atoms with Crippen LogP contribution in [-0.2, 0) is 9.57 Å². The van der Waals surface area contributed by atoms with Gasteiger partial charge in [0.1, 0.15) is 17.6 Å². The molecule has 4 heterocycles. The summed E-state index contributed by atoms with van der Waals surface area (Å²) in [6.45, 7) is 0.819. The number of aliphatic hydroxyl groups is 1. The van der Waals surface area contributed by atoms with E-state index in [0.29, 0.717) is 25.3 Å². The van der Waals surface area contributed by atoms with E-state index in [0.717, 1.165) is 21.0 Å². The molecule has 1 N–H and O–H groups in total. The maximum absolute atomic E-state index is 12.2. The highest BCUT2D eigenvalue weighted by Crippen LogP contribution is 2.31. The molecule has 2 aliphatic heterocycles. The lowest BCUT2D eigenvalue weighted by Crippen LogP contribution is -2.30. The molecule has 2 unspecified atom stereocenters. The van der Waals surface area contributed by atoms with E-state index in [1.54, 1.807) is 36.6 Å². The molecule has 2 aromatic rings. The summed E-state index contributed by atoms with van der Waals surface area (Å²) >= 11 is 1.58. The number of anilines is 1. The predicted octanol–water partition coefficient (Wildman–Crippen LogP) is 2.55. The number of ether oxygens (including phenoxy) is 1. The molecule has 0 spiro atoms. The Morgan fingerprint density at radius 1 is 1.30 bits per heavy atom. The normalized spacial score (nSPS) is 21.1. The first kappa shape index (κ1) is 20.2. The molecule has 1 fully saturated rings. The van der Waals surface area contributed by atoms with Gasteiger partial charge in [-0.15, -0.1) is 11.3 Å². The third-order valence-corrected chi connectivity index (χ3v) is 5.90. The summed E-state index contributed by atoms with van der Waals surface area (Å²) in [4.78, 5) is 25.4. The number of hydrogen-bond donors (Lipinski definition) is 1. The second-order valence-corrected chi connectivity index (χ2v) is 8.05. The predicted molar refractivity (Wildman–Crippen MR) is 112 cm³/mol. The van der Waals surface area contributed by atoms with Crippen molar-refractivity contribution < 1.29 is 19.5 Å². The quantitative estimate of drug-likeness (QED) is 0.534. The molecule has 1 saturated heterocycles. The van der Waals surface area contributed by atoms with Crippen LogP contribution in [-0.4, -0.2) is 72.9 Å². The first-order valence-corrected chi connectivity index (χ1v) is 10.3. The first-order chi connectivity index (χ1) is 14.6. The Labute approximate surface area is 177 Å². The van der Waals surface area contributed by atoms with Crippen LogP contribution in [0.2, 0.25) is 0 Å². The first-order valence-electron chi connectivity index (χ1n) is 9.46. The minimum atomic E-state index is -0.418. The summed E-state index contributed by atoms with van der Waals surface area (Å²) in [6, 6.07) is 7.73. The highest BCUT2D eigenvalue weighted by atomic mass is 32.1. The molecule has 4 rings (SSSR count). The zero-order chi connectivity index (χ0) is 21.1. The van der Waals surface area contributed by atoms with E-state index in [-0.39, 0.29) is 18.8 Å². The number of carbonyl (C=O) groups excluding carboxylic acids is 1. The summed E-state index contributed by atoms with van der Waals surface area (Å²) in [5.41, 5.74) is 1.79. The van der Waals surface area contributed by atoms with Crippen molar-refractivity contribution in [3.05, 3.63) is 35.3 Å². The lowest BCUT2D eigenvalue weighted by Gasteiger charge is -2.15. The van der Waals surface area contributed by atoms with Crippen molar-refractivity contribution in [2.24, 2.45) is 15.5 Å². The summed E-state index contributed by atoms with van der Waals surface area (Å²) in [5.74, 6) is 0.544. The molecule has 2 atom stereocenters. The van der Waals surface area contributed by atoms with Crippen molar-refractivity contribution in [3.63, 3.8) is 0 Å². The van der Waals surface area contributed by atoms with E-state index in [4.69, 9.17) is 9.57 Å². The fourth-order valence-electron chi connectivity index (χ4n) is 3.30. The summed E-state index contributed by atoms with van der Waals surface area (Å²) in [7, 11) is 3.37. The Balaban J connectivity index is 1.42. The minimum absolute atomic E-state index is 0.0462. The Morgan fingerprint density at radius 2 is 2.13 bits per heavy atom. The lowest BCUT2D eigenvalue weighted by molar-refractivity contribution is 0.0390. The van der Waals surface area contributed by atoms with Gasteiger partial charge in [0.05, 0.1) is 31.6 Å². The molecule has 0 aromatic carbocycles. The Morgan fingerprint density at radius 3 is 2.83 bits per heavy atom. The number of cyclic esters (lactones) is 1. The van der Waals surface area contributed by atoms with Gasteiger partial charge in [-0.25, -0.2) is 9.78 Å². The smallest absolute Gasteiger partial charge is 0.416 e. The maximum atomic E-state index is 12.2. The molecule has 2 aromatic heterocycles. The topological polar surface area (TPSA) is 112 Å². The summed E-state index contributed by atoms with van der Waals surface area (Å²) in [6.07, 6.45) is 1.36. The fourth-order valence-corrected chi connectivity index (χ4v) is 4.29. The third kappa shape index (κ3) is 4.26. The van der Waals surface area contributed by atoms with Crippen LogP contribution in [0.1, 0.15) is 11.3 Å². The summed E-state index contributed by atoms with van der Waals surface area (Å²) < 4.78 is 5.40. The average molecular weight is 430 g/mol. The van der Waals surface area contributed by atoms with Crippen molar-refractivity contribution in [2.45, 2.75) is 18.6 Å². The number of rotatable bonds is 7. The number of hydrogen-bond acceptors (Lipinski definition) is 9. The van der Waals surface area contributed by atoms with Gasteiger partial charge >= 0.3 is 6.09 Å². The van der Waals surface area contributed by atoms with Crippen molar-refractivity contribution >= 4 is 29.0 Å². The third-order valence-electron chi connectivity index (χ3n) is 4.72. The van der Waals surface area contributed by atoms with Crippen LogP contribution in [0.25, 0.3) is 10.4 Å². The molecule has 0 bridgehead atoms. The van der Waals surface area contributed by atoms with Gasteiger partial charge in [0, 0.05) is 30.1 Å². The van der Waals surface area contributed by atoms with Crippen LogP contribution in [0.5, 0.6) is 0 Å². The van der Waals surface area contributed by atoms with E-state index in [1.165, 1.54) is 4.90 Å². The van der Waals surface area contributed by atoms with Gasteiger partial charge in [0.2, 0.25) is 0 Å². The van der Waals surface area contributed by atoms with Gasteiger partial charge in [-0.05, 0) is 24.3 Å². The number of pyridine rings is 1. The van der Waals surface area contributed by atoms with E-state index in [9.17, 15) is 9.90 Å². The van der Waals surface area contributed by atoms with Crippen LogP contribution in [0, 0.1) is 0 Å². The zero-order valence-electron chi connectivity index (χ0n) is 16.6. The highest BCUT2D eigenvalue weighted by molar-refractivity contribution is 7.17. The number of amides is 1. The molecule has 0 saturated carbocycles. The highest BCUT2D eigenvalue weighted by Gasteiger charge is 2.33. The number of oxime groups is 1. The van der Waals surface area contributed by atoms with Gasteiger partial charge in [0.15, 0.2) is 6.10 Å². The van der Waals surface area contributed by atoms with Crippen molar-refractivity contribution in [3.8, 4) is 10.4 Å². The second-order valence-electron chi connectivity index (χ2n) is 6.97. The molecule has 0 radical (unpaired) electrons. The number of thiophene rings is 1.